The maximum absolute atomic E-state index is 5.84. The van der Waals surface area contributed by atoms with Crippen LogP contribution in [0.25, 0.3) is 0 Å². The van der Waals surface area contributed by atoms with Crippen LogP contribution in [-0.2, 0) is 0 Å². The molecule has 0 radical (unpaired) electrons. The molecule has 19 heavy (non-hydrogen) atoms. The molecule has 0 saturated heterocycles. The van der Waals surface area contributed by atoms with Crippen molar-refractivity contribution in [1.82, 2.24) is 0 Å². The van der Waals surface area contributed by atoms with Gasteiger partial charge in [-0.25, -0.2) is 0 Å². The molecule has 4 heteroatoms. The lowest BCUT2D eigenvalue weighted by Gasteiger charge is -2.28. The lowest BCUT2D eigenvalue weighted by molar-refractivity contribution is 0.284. The fraction of sp³-hybridized carbons (Fsp3) is 0.200. The fourth-order valence-electron chi connectivity index (χ4n) is 2.20. The summed E-state index contributed by atoms with van der Waals surface area (Å²) >= 11 is 3.50. The molecule has 0 amide bonds. The summed E-state index contributed by atoms with van der Waals surface area (Å²) in [6.45, 7) is 0.600. The van der Waals surface area contributed by atoms with E-state index in [2.05, 4.69) is 27.3 Å². The SMILES string of the molecule is COc1cccc(C2COc3c(Br)cccc3N2)c1. The van der Waals surface area contributed by atoms with Crippen molar-refractivity contribution < 1.29 is 9.47 Å². The Hall–Kier alpha value is -1.68. The second-order valence-corrected chi connectivity index (χ2v) is 5.26. The molecule has 0 bridgehead atoms. The quantitative estimate of drug-likeness (QED) is 0.907. The van der Waals surface area contributed by atoms with E-state index in [1.165, 1.54) is 0 Å². The third kappa shape index (κ3) is 2.40. The van der Waals surface area contributed by atoms with Crippen LogP contribution < -0.4 is 14.8 Å². The number of halogens is 1. The van der Waals surface area contributed by atoms with E-state index in [0.717, 1.165) is 27.2 Å². The first kappa shape index (κ1) is 12.4. The van der Waals surface area contributed by atoms with E-state index in [4.69, 9.17) is 9.47 Å². The Kier molecular flexibility index (Phi) is 3.34. The van der Waals surface area contributed by atoms with E-state index < -0.39 is 0 Å². The molecule has 0 spiro atoms. The van der Waals surface area contributed by atoms with Crippen molar-refractivity contribution in [3.8, 4) is 11.5 Å². The minimum Gasteiger partial charge on any atom is -0.497 e. The van der Waals surface area contributed by atoms with Gasteiger partial charge in [-0.1, -0.05) is 18.2 Å². The van der Waals surface area contributed by atoms with E-state index in [0.29, 0.717) is 6.61 Å². The van der Waals surface area contributed by atoms with Crippen molar-refractivity contribution in [2.45, 2.75) is 6.04 Å². The Balaban J connectivity index is 1.89. The smallest absolute Gasteiger partial charge is 0.156 e. The summed E-state index contributed by atoms with van der Waals surface area (Å²) in [5.74, 6) is 1.74. The Morgan fingerprint density at radius 2 is 2.11 bits per heavy atom. The Morgan fingerprint density at radius 1 is 1.26 bits per heavy atom. The normalized spacial score (nSPS) is 17.1. The molecule has 0 saturated carbocycles. The van der Waals surface area contributed by atoms with E-state index in [1.54, 1.807) is 7.11 Å². The molecule has 1 aliphatic heterocycles. The molecule has 1 heterocycles. The first-order chi connectivity index (χ1) is 9.28. The van der Waals surface area contributed by atoms with Crippen LogP contribution in [-0.4, -0.2) is 13.7 Å². The van der Waals surface area contributed by atoms with Crippen LogP contribution in [0, 0.1) is 0 Å². The molecule has 1 unspecified atom stereocenters. The van der Waals surface area contributed by atoms with Gasteiger partial charge in [0.15, 0.2) is 5.75 Å². The zero-order chi connectivity index (χ0) is 13.2. The highest BCUT2D eigenvalue weighted by molar-refractivity contribution is 9.10. The minimum atomic E-state index is 0.136. The third-order valence-electron chi connectivity index (χ3n) is 3.19. The molecule has 1 atom stereocenters. The van der Waals surface area contributed by atoms with E-state index >= 15 is 0 Å². The van der Waals surface area contributed by atoms with Crippen LogP contribution in [0.15, 0.2) is 46.9 Å². The second kappa shape index (κ2) is 5.13. The summed E-state index contributed by atoms with van der Waals surface area (Å²) < 4.78 is 12.1. The number of hydrogen-bond acceptors (Lipinski definition) is 3. The van der Waals surface area contributed by atoms with Crippen molar-refractivity contribution in [1.29, 1.82) is 0 Å². The molecule has 0 aliphatic carbocycles. The molecular formula is C15H14BrNO2. The van der Waals surface area contributed by atoms with E-state index in [1.807, 2.05) is 36.4 Å². The van der Waals surface area contributed by atoms with Gasteiger partial charge in [0.05, 0.1) is 23.3 Å². The predicted molar refractivity (Wildman–Crippen MR) is 79.0 cm³/mol. The van der Waals surface area contributed by atoms with Crippen molar-refractivity contribution in [2.75, 3.05) is 19.0 Å². The monoisotopic (exact) mass is 319 g/mol. The number of ether oxygens (including phenoxy) is 2. The number of anilines is 1. The molecular weight excluding hydrogens is 306 g/mol. The summed E-state index contributed by atoms with van der Waals surface area (Å²) in [7, 11) is 1.68. The standard InChI is InChI=1S/C15H14BrNO2/c1-18-11-5-2-4-10(8-11)14-9-19-15-12(16)6-3-7-13(15)17-14/h2-8,14,17H,9H2,1H3. The number of methoxy groups -OCH3 is 1. The number of hydrogen-bond donors (Lipinski definition) is 1. The highest BCUT2D eigenvalue weighted by Crippen LogP contribution is 2.39. The number of fused-ring (bicyclic) bond motifs is 1. The van der Waals surface area contributed by atoms with Gasteiger partial charge in [-0.05, 0) is 45.8 Å². The molecule has 2 aromatic rings. The zero-order valence-electron chi connectivity index (χ0n) is 10.5. The Morgan fingerprint density at radius 3 is 2.95 bits per heavy atom. The van der Waals surface area contributed by atoms with Crippen molar-refractivity contribution in [2.24, 2.45) is 0 Å². The maximum atomic E-state index is 5.84. The minimum absolute atomic E-state index is 0.136. The van der Waals surface area contributed by atoms with Crippen LogP contribution in [0.3, 0.4) is 0 Å². The molecule has 0 aromatic heterocycles. The highest BCUT2D eigenvalue weighted by atomic mass is 79.9. The number of nitrogens with one attached hydrogen (secondary N) is 1. The lowest BCUT2D eigenvalue weighted by atomic mass is 10.1. The third-order valence-corrected chi connectivity index (χ3v) is 3.81. The van der Waals surface area contributed by atoms with Crippen LogP contribution in [0.4, 0.5) is 5.69 Å². The molecule has 1 aliphatic rings. The van der Waals surface area contributed by atoms with E-state index in [-0.39, 0.29) is 6.04 Å². The Bertz CT molecular complexity index is 600. The van der Waals surface area contributed by atoms with Gasteiger partial charge in [0.2, 0.25) is 0 Å². The van der Waals surface area contributed by atoms with Gasteiger partial charge in [0.1, 0.15) is 12.4 Å². The summed E-state index contributed by atoms with van der Waals surface area (Å²) in [5, 5.41) is 3.49. The highest BCUT2D eigenvalue weighted by Gasteiger charge is 2.22. The average molecular weight is 320 g/mol. The van der Waals surface area contributed by atoms with Gasteiger partial charge in [0, 0.05) is 0 Å². The predicted octanol–water partition coefficient (Wildman–Crippen LogP) is 4.00. The van der Waals surface area contributed by atoms with Crippen molar-refractivity contribution in [3.63, 3.8) is 0 Å². The van der Waals surface area contributed by atoms with E-state index in [9.17, 15) is 0 Å². The molecule has 0 fully saturated rings. The molecule has 1 N–H and O–H groups in total. The van der Waals surface area contributed by atoms with Gasteiger partial charge >= 0.3 is 0 Å². The average Bonchev–Trinajstić information content (AvgIpc) is 2.47. The largest absolute Gasteiger partial charge is 0.497 e. The summed E-state index contributed by atoms with van der Waals surface area (Å²) in [4.78, 5) is 0. The van der Waals surface area contributed by atoms with Gasteiger partial charge in [-0.15, -0.1) is 0 Å². The van der Waals surface area contributed by atoms with Crippen molar-refractivity contribution >= 4 is 21.6 Å². The summed E-state index contributed by atoms with van der Waals surface area (Å²) in [6.07, 6.45) is 0. The molecule has 3 rings (SSSR count). The first-order valence-electron chi connectivity index (χ1n) is 6.10. The van der Waals surface area contributed by atoms with Crippen molar-refractivity contribution in [3.05, 3.63) is 52.5 Å². The topological polar surface area (TPSA) is 30.5 Å². The Labute approximate surface area is 120 Å². The van der Waals surface area contributed by atoms with Gasteiger partial charge < -0.3 is 14.8 Å². The van der Waals surface area contributed by atoms with Crippen LogP contribution in [0.5, 0.6) is 11.5 Å². The molecule has 3 nitrogen and oxygen atoms in total. The maximum Gasteiger partial charge on any atom is 0.156 e. The summed E-state index contributed by atoms with van der Waals surface area (Å²) in [5.41, 5.74) is 2.17. The first-order valence-corrected chi connectivity index (χ1v) is 6.89. The van der Waals surface area contributed by atoms with Crippen LogP contribution in [0.1, 0.15) is 11.6 Å². The van der Waals surface area contributed by atoms with Crippen LogP contribution in [0.2, 0.25) is 0 Å². The molecule has 98 valence electrons. The second-order valence-electron chi connectivity index (χ2n) is 4.40. The molecule has 2 aromatic carbocycles. The van der Waals surface area contributed by atoms with Gasteiger partial charge in [-0.3, -0.25) is 0 Å². The summed E-state index contributed by atoms with van der Waals surface area (Å²) in [6, 6.07) is 14.2. The lowest BCUT2D eigenvalue weighted by Crippen LogP contribution is -2.24. The van der Waals surface area contributed by atoms with Crippen LogP contribution >= 0.6 is 15.9 Å². The number of para-hydroxylation sites is 1. The van der Waals surface area contributed by atoms with Gasteiger partial charge in [0.25, 0.3) is 0 Å². The zero-order valence-corrected chi connectivity index (χ0v) is 12.1. The number of benzene rings is 2. The van der Waals surface area contributed by atoms with Gasteiger partial charge in [-0.2, -0.15) is 0 Å². The number of rotatable bonds is 2. The fourth-order valence-corrected chi connectivity index (χ4v) is 2.68.